The Kier molecular flexibility index (Phi) is 5.86. The van der Waals surface area contributed by atoms with Crippen molar-refractivity contribution in [2.45, 2.75) is 53.1 Å². The smallest absolute Gasteiger partial charge is 0.338 e. The SMILES string of the molecule is Cc1ccc(C)c(NC(=O)[C@H](C)OC(=O)c2ccc(C(C)(C)C)cc2)c1. The summed E-state index contributed by atoms with van der Waals surface area (Å²) >= 11 is 0. The lowest BCUT2D eigenvalue weighted by Gasteiger charge is -2.19. The Labute approximate surface area is 155 Å². The average molecular weight is 353 g/mol. The van der Waals surface area contributed by atoms with Crippen LogP contribution in [0.1, 0.15) is 54.7 Å². The quantitative estimate of drug-likeness (QED) is 0.805. The number of hydrogen-bond donors (Lipinski definition) is 1. The fourth-order valence-corrected chi connectivity index (χ4v) is 2.49. The summed E-state index contributed by atoms with van der Waals surface area (Å²) in [6.07, 6.45) is -0.885. The highest BCUT2D eigenvalue weighted by Crippen LogP contribution is 2.22. The van der Waals surface area contributed by atoms with Crippen LogP contribution in [0, 0.1) is 13.8 Å². The predicted octanol–water partition coefficient (Wildman–Crippen LogP) is 4.78. The van der Waals surface area contributed by atoms with Gasteiger partial charge in [0.1, 0.15) is 0 Å². The Morgan fingerprint density at radius 1 is 1.00 bits per heavy atom. The lowest BCUT2D eigenvalue weighted by molar-refractivity contribution is -0.123. The van der Waals surface area contributed by atoms with Gasteiger partial charge in [-0.25, -0.2) is 4.79 Å². The molecule has 0 aliphatic carbocycles. The lowest BCUT2D eigenvalue weighted by atomic mass is 9.87. The summed E-state index contributed by atoms with van der Waals surface area (Å²) in [6.45, 7) is 11.8. The van der Waals surface area contributed by atoms with Gasteiger partial charge in [-0.15, -0.1) is 0 Å². The Bertz CT molecular complexity index is 801. The molecule has 1 amide bonds. The molecule has 1 atom stereocenters. The molecule has 0 radical (unpaired) electrons. The van der Waals surface area contributed by atoms with Crippen molar-refractivity contribution in [2.24, 2.45) is 0 Å². The Morgan fingerprint density at radius 3 is 2.19 bits per heavy atom. The van der Waals surface area contributed by atoms with E-state index in [-0.39, 0.29) is 11.3 Å². The molecule has 0 aliphatic heterocycles. The number of carbonyl (C=O) groups is 2. The van der Waals surface area contributed by atoms with Crippen molar-refractivity contribution in [1.29, 1.82) is 0 Å². The molecule has 0 saturated carbocycles. The minimum Gasteiger partial charge on any atom is -0.449 e. The maximum Gasteiger partial charge on any atom is 0.338 e. The predicted molar refractivity (Wildman–Crippen MR) is 105 cm³/mol. The highest BCUT2D eigenvalue weighted by molar-refractivity contribution is 5.97. The number of benzene rings is 2. The zero-order valence-electron chi connectivity index (χ0n) is 16.3. The number of nitrogens with one attached hydrogen (secondary N) is 1. The van der Waals surface area contributed by atoms with E-state index in [4.69, 9.17) is 4.74 Å². The van der Waals surface area contributed by atoms with Gasteiger partial charge in [-0.1, -0.05) is 45.0 Å². The average Bonchev–Trinajstić information content (AvgIpc) is 2.57. The summed E-state index contributed by atoms with van der Waals surface area (Å²) in [5.74, 6) is -0.854. The maximum absolute atomic E-state index is 12.3. The van der Waals surface area contributed by atoms with Crippen molar-refractivity contribution >= 4 is 17.6 Å². The summed E-state index contributed by atoms with van der Waals surface area (Å²) in [4.78, 5) is 24.6. The molecule has 26 heavy (non-hydrogen) atoms. The molecule has 0 unspecified atom stereocenters. The van der Waals surface area contributed by atoms with Crippen molar-refractivity contribution in [1.82, 2.24) is 0 Å². The third kappa shape index (κ3) is 4.94. The summed E-state index contributed by atoms with van der Waals surface area (Å²) in [5.41, 5.74) is 4.32. The molecule has 2 rings (SSSR count). The van der Waals surface area contributed by atoms with Gasteiger partial charge in [0.15, 0.2) is 6.10 Å². The third-order valence-corrected chi connectivity index (χ3v) is 4.29. The summed E-state index contributed by atoms with van der Waals surface area (Å²) in [7, 11) is 0. The van der Waals surface area contributed by atoms with Gasteiger partial charge in [0, 0.05) is 5.69 Å². The van der Waals surface area contributed by atoms with Gasteiger partial charge in [-0.2, -0.15) is 0 Å². The molecule has 4 nitrogen and oxygen atoms in total. The highest BCUT2D eigenvalue weighted by atomic mass is 16.5. The van der Waals surface area contributed by atoms with Gasteiger partial charge in [0.2, 0.25) is 0 Å². The van der Waals surface area contributed by atoms with E-state index >= 15 is 0 Å². The number of ether oxygens (including phenoxy) is 1. The first-order valence-electron chi connectivity index (χ1n) is 8.77. The summed E-state index contributed by atoms with van der Waals surface area (Å²) in [6, 6.07) is 13.1. The van der Waals surface area contributed by atoms with Crippen LogP contribution in [-0.4, -0.2) is 18.0 Å². The molecular formula is C22H27NO3. The van der Waals surface area contributed by atoms with Crippen LogP contribution in [0.25, 0.3) is 0 Å². The number of amides is 1. The maximum atomic E-state index is 12.3. The topological polar surface area (TPSA) is 55.4 Å². The normalized spacial score (nSPS) is 12.4. The van der Waals surface area contributed by atoms with Crippen LogP contribution >= 0.6 is 0 Å². The van der Waals surface area contributed by atoms with Crippen LogP contribution in [0.15, 0.2) is 42.5 Å². The van der Waals surface area contributed by atoms with Crippen LogP contribution in [-0.2, 0) is 14.9 Å². The second-order valence-corrected chi connectivity index (χ2v) is 7.68. The first-order chi connectivity index (χ1) is 12.1. The molecule has 138 valence electrons. The van der Waals surface area contributed by atoms with Gasteiger partial charge >= 0.3 is 5.97 Å². The Morgan fingerprint density at radius 2 is 1.62 bits per heavy atom. The van der Waals surface area contributed by atoms with Crippen molar-refractivity contribution in [3.63, 3.8) is 0 Å². The third-order valence-electron chi connectivity index (χ3n) is 4.29. The molecular weight excluding hydrogens is 326 g/mol. The molecule has 2 aromatic rings. The van der Waals surface area contributed by atoms with E-state index in [2.05, 4.69) is 26.1 Å². The van der Waals surface area contributed by atoms with Crippen LogP contribution in [0.4, 0.5) is 5.69 Å². The van der Waals surface area contributed by atoms with Gasteiger partial charge in [-0.05, 0) is 61.1 Å². The molecule has 0 aromatic heterocycles. The zero-order chi connectivity index (χ0) is 19.5. The van der Waals surface area contributed by atoms with Crippen LogP contribution in [0.5, 0.6) is 0 Å². The van der Waals surface area contributed by atoms with E-state index in [1.165, 1.54) is 0 Å². The monoisotopic (exact) mass is 353 g/mol. The van der Waals surface area contributed by atoms with Gasteiger partial charge in [-0.3, -0.25) is 4.79 Å². The molecule has 2 aromatic carbocycles. The number of rotatable bonds is 4. The van der Waals surface area contributed by atoms with E-state index in [0.717, 1.165) is 22.4 Å². The number of hydrogen-bond acceptors (Lipinski definition) is 3. The molecule has 0 bridgehead atoms. The van der Waals surface area contributed by atoms with Crippen molar-refractivity contribution in [3.8, 4) is 0 Å². The fourth-order valence-electron chi connectivity index (χ4n) is 2.49. The molecule has 0 saturated heterocycles. The van der Waals surface area contributed by atoms with Gasteiger partial charge in [0.25, 0.3) is 5.91 Å². The number of esters is 1. The largest absolute Gasteiger partial charge is 0.449 e. The Hall–Kier alpha value is -2.62. The second-order valence-electron chi connectivity index (χ2n) is 7.68. The first-order valence-corrected chi connectivity index (χ1v) is 8.77. The number of aryl methyl sites for hydroxylation is 2. The minimum atomic E-state index is -0.885. The minimum absolute atomic E-state index is 0.0152. The molecule has 0 fully saturated rings. The van der Waals surface area contributed by atoms with Gasteiger partial charge < -0.3 is 10.1 Å². The van der Waals surface area contributed by atoms with Gasteiger partial charge in [0.05, 0.1) is 5.56 Å². The molecule has 4 heteroatoms. The van der Waals surface area contributed by atoms with E-state index in [0.29, 0.717) is 5.56 Å². The molecule has 1 N–H and O–H groups in total. The first kappa shape index (κ1) is 19.7. The number of anilines is 1. The highest BCUT2D eigenvalue weighted by Gasteiger charge is 2.20. The summed E-state index contributed by atoms with van der Waals surface area (Å²) < 4.78 is 5.32. The van der Waals surface area contributed by atoms with Crippen LogP contribution in [0.2, 0.25) is 0 Å². The number of carbonyl (C=O) groups excluding carboxylic acids is 2. The fraction of sp³-hybridized carbons (Fsp3) is 0.364. The Balaban J connectivity index is 2.02. The van der Waals surface area contributed by atoms with Crippen molar-refractivity contribution < 1.29 is 14.3 Å². The van der Waals surface area contributed by atoms with E-state index < -0.39 is 12.1 Å². The molecule has 0 aliphatic rings. The summed E-state index contributed by atoms with van der Waals surface area (Å²) in [5, 5.41) is 2.82. The van der Waals surface area contributed by atoms with Crippen molar-refractivity contribution in [3.05, 3.63) is 64.7 Å². The van der Waals surface area contributed by atoms with Crippen molar-refractivity contribution in [2.75, 3.05) is 5.32 Å². The van der Waals surface area contributed by atoms with E-state index in [1.807, 2.05) is 44.2 Å². The lowest BCUT2D eigenvalue weighted by Crippen LogP contribution is -2.30. The zero-order valence-corrected chi connectivity index (χ0v) is 16.3. The van der Waals surface area contributed by atoms with E-state index in [9.17, 15) is 9.59 Å². The van der Waals surface area contributed by atoms with Crippen LogP contribution < -0.4 is 5.32 Å². The molecule has 0 heterocycles. The second kappa shape index (κ2) is 7.73. The standard InChI is InChI=1S/C22H27NO3/c1-14-7-8-15(2)19(13-14)23-20(24)16(3)26-21(25)17-9-11-18(12-10-17)22(4,5)6/h7-13,16H,1-6H3,(H,23,24)/t16-/m0/s1. The molecule has 0 spiro atoms. The van der Waals surface area contributed by atoms with E-state index in [1.54, 1.807) is 19.1 Å². The van der Waals surface area contributed by atoms with Crippen LogP contribution in [0.3, 0.4) is 0 Å².